The molecule has 0 bridgehead atoms. The second kappa shape index (κ2) is 6.75. The van der Waals surface area contributed by atoms with Gasteiger partial charge in [-0.25, -0.2) is 0 Å². The second-order valence-electron chi connectivity index (χ2n) is 3.81. The topological polar surface area (TPSA) is 58.6 Å². The zero-order chi connectivity index (χ0) is 14.4. The van der Waals surface area contributed by atoms with E-state index < -0.39 is 0 Å². The van der Waals surface area contributed by atoms with Crippen LogP contribution < -0.4 is 10.1 Å². The van der Waals surface area contributed by atoms with E-state index in [0.717, 1.165) is 4.88 Å². The maximum atomic E-state index is 12.1. The monoisotopic (exact) mass is 287 g/mol. The maximum Gasteiger partial charge on any atom is 0.265 e. The molecule has 1 aromatic carbocycles. The molecule has 20 heavy (non-hydrogen) atoms. The van der Waals surface area contributed by atoms with E-state index in [-0.39, 0.29) is 12.5 Å². The SMILES string of the molecule is COc1cccc(NC(=O)c2ccc(C#CCO)s2)c1. The van der Waals surface area contributed by atoms with Crippen LogP contribution in [0.1, 0.15) is 14.5 Å². The fraction of sp³-hybridized carbons (Fsp3) is 0.133. The summed E-state index contributed by atoms with van der Waals surface area (Å²) in [7, 11) is 1.58. The molecule has 1 aromatic heterocycles. The molecule has 0 aliphatic carbocycles. The number of ether oxygens (including phenoxy) is 1. The summed E-state index contributed by atoms with van der Waals surface area (Å²) >= 11 is 1.28. The largest absolute Gasteiger partial charge is 0.497 e. The summed E-state index contributed by atoms with van der Waals surface area (Å²) in [5, 5.41) is 11.4. The molecule has 0 aliphatic rings. The fourth-order valence-corrected chi connectivity index (χ4v) is 2.32. The van der Waals surface area contributed by atoms with Crippen LogP contribution in [0.5, 0.6) is 5.75 Å². The molecule has 0 radical (unpaired) electrons. The van der Waals surface area contributed by atoms with Gasteiger partial charge >= 0.3 is 0 Å². The number of nitrogens with one attached hydrogen (secondary N) is 1. The first kappa shape index (κ1) is 14.1. The van der Waals surface area contributed by atoms with E-state index in [9.17, 15) is 4.79 Å². The maximum absolute atomic E-state index is 12.1. The molecule has 0 aliphatic heterocycles. The van der Waals surface area contributed by atoms with Gasteiger partial charge in [-0.2, -0.15) is 0 Å². The minimum Gasteiger partial charge on any atom is -0.497 e. The van der Waals surface area contributed by atoms with Gasteiger partial charge in [0.15, 0.2) is 0 Å². The number of aliphatic hydroxyl groups is 1. The molecule has 102 valence electrons. The van der Waals surface area contributed by atoms with Gasteiger partial charge in [0, 0.05) is 11.8 Å². The number of thiophene rings is 1. The molecule has 2 N–H and O–H groups in total. The number of amides is 1. The summed E-state index contributed by atoms with van der Waals surface area (Å²) < 4.78 is 5.10. The van der Waals surface area contributed by atoms with Gasteiger partial charge in [0.2, 0.25) is 0 Å². The van der Waals surface area contributed by atoms with Gasteiger partial charge in [-0.05, 0) is 24.3 Å². The lowest BCUT2D eigenvalue weighted by Crippen LogP contribution is -2.09. The number of hydrogen-bond acceptors (Lipinski definition) is 4. The van der Waals surface area contributed by atoms with Gasteiger partial charge in [0.05, 0.1) is 16.9 Å². The van der Waals surface area contributed by atoms with Crippen molar-refractivity contribution in [3.8, 4) is 17.6 Å². The van der Waals surface area contributed by atoms with Gasteiger partial charge < -0.3 is 15.2 Å². The molecule has 2 rings (SSSR count). The Morgan fingerprint density at radius 1 is 1.40 bits per heavy atom. The van der Waals surface area contributed by atoms with Crippen LogP contribution in [0, 0.1) is 11.8 Å². The van der Waals surface area contributed by atoms with Gasteiger partial charge in [0.1, 0.15) is 12.4 Å². The van der Waals surface area contributed by atoms with Crippen molar-refractivity contribution in [1.29, 1.82) is 0 Å². The highest BCUT2D eigenvalue weighted by molar-refractivity contribution is 7.14. The van der Waals surface area contributed by atoms with Crippen molar-refractivity contribution in [1.82, 2.24) is 0 Å². The molecule has 0 saturated heterocycles. The summed E-state index contributed by atoms with van der Waals surface area (Å²) in [5.74, 6) is 5.81. The van der Waals surface area contributed by atoms with Crippen molar-refractivity contribution in [2.75, 3.05) is 19.0 Å². The third-order valence-electron chi connectivity index (χ3n) is 2.45. The third-order valence-corrected chi connectivity index (χ3v) is 3.45. The van der Waals surface area contributed by atoms with E-state index in [1.807, 2.05) is 6.07 Å². The Kier molecular flexibility index (Phi) is 4.77. The molecule has 0 unspecified atom stereocenters. The molecule has 0 saturated carbocycles. The Bertz CT molecular complexity index is 667. The number of carbonyl (C=O) groups is 1. The quantitative estimate of drug-likeness (QED) is 0.852. The van der Waals surface area contributed by atoms with Crippen LogP contribution in [-0.2, 0) is 0 Å². The van der Waals surface area contributed by atoms with Crippen LogP contribution in [0.15, 0.2) is 36.4 Å². The molecule has 0 spiro atoms. The predicted molar refractivity (Wildman–Crippen MR) is 79.2 cm³/mol. The van der Waals surface area contributed by atoms with Crippen LogP contribution in [0.4, 0.5) is 5.69 Å². The van der Waals surface area contributed by atoms with E-state index in [2.05, 4.69) is 17.2 Å². The minimum atomic E-state index is -0.194. The van der Waals surface area contributed by atoms with E-state index in [1.54, 1.807) is 37.4 Å². The first-order valence-electron chi connectivity index (χ1n) is 5.88. The highest BCUT2D eigenvalue weighted by atomic mass is 32.1. The van der Waals surface area contributed by atoms with E-state index in [4.69, 9.17) is 9.84 Å². The Hall–Kier alpha value is -2.29. The molecular weight excluding hydrogens is 274 g/mol. The normalized spacial score (nSPS) is 9.50. The zero-order valence-corrected chi connectivity index (χ0v) is 11.7. The first-order chi connectivity index (χ1) is 9.72. The number of methoxy groups -OCH3 is 1. The van der Waals surface area contributed by atoms with Gasteiger partial charge in [-0.3, -0.25) is 4.79 Å². The first-order valence-corrected chi connectivity index (χ1v) is 6.69. The lowest BCUT2D eigenvalue weighted by molar-refractivity contribution is 0.103. The van der Waals surface area contributed by atoms with Crippen molar-refractivity contribution in [3.63, 3.8) is 0 Å². The lowest BCUT2D eigenvalue weighted by atomic mass is 10.3. The lowest BCUT2D eigenvalue weighted by Gasteiger charge is -2.05. The Balaban J connectivity index is 2.09. The molecule has 0 atom stereocenters. The Morgan fingerprint density at radius 3 is 3.00 bits per heavy atom. The molecule has 2 aromatic rings. The number of hydrogen-bond donors (Lipinski definition) is 2. The number of rotatable bonds is 3. The number of anilines is 1. The molecule has 4 nitrogen and oxygen atoms in total. The molecular formula is C15H13NO3S. The van der Waals surface area contributed by atoms with Crippen molar-refractivity contribution in [2.24, 2.45) is 0 Å². The highest BCUT2D eigenvalue weighted by Crippen LogP contribution is 2.20. The summed E-state index contributed by atoms with van der Waals surface area (Å²) in [6, 6.07) is 10.6. The van der Waals surface area contributed by atoms with E-state index in [1.165, 1.54) is 11.3 Å². The molecule has 5 heteroatoms. The Morgan fingerprint density at radius 2 is 2.25 bits per heavy atom. The van der Waals surface area contributed by atoms with Crippen LogP contribution >= 0.6 is 11.3 Å². The average molecular weight is 287 g/mol. The smallest absolute Gasteiger partial charge is 0.265 e. The van der Waals surface area contributed by atoms with Crippen molar-refractivity contribution in [2.45, 2.75) is 0 Å². The van der Waals surface area contributed by atoms with E-state index >= 15 is 0 Å². The Labute approximate surface area is 121 Å². The second-order valence-corrected chi connectivity index (χ2v) is 4.89. The number of benzene rings is 1. The number of aliphatic hydroxyl groups excluding tert-OH is 1. The zero-order valence-electron chi connectivity index (χ0n) is 10.8. The molecule has 1 amide bonds. The molecule has 1 heterocycles. The van der Waals surface area contributed by atoms with Gasteiger partial charge in [-0.1, -0.05) is 17.9 Å². The van der Waals surface area contributed by atoms with Crippen molar-refractivity contribution >= 4 is 22.9 Å². The van der Waals surface area contributed by atoms with Crippen LogP contribution in [0.2, 0.25) is 0 Å². The number of carbonyl (C=O) groups excluding carboxylic acids is 1. The average Bonchev–Trinajstić information content (AvgIpc) is 2.94. The standard InChI is InChI=1S/C15H13NO3S/c1-19-12-5-2-4-11(10-12)16-15(18)14-8-7-13(20-14)6-3-9-17/h2,4-5,7-8,10,17H,9H2,1H3,(H,16,18). The van der Waals surface area contributed by atoms with Crippen molar-refractivity contribution in [3.05, 3.63) is 46.2 Å². The van der Waals surface area contributed by atoms with Gasteiger partial charge in [0.25, 0.3) is 5.91 Å². The summed E-state index contributed by atoms with van der Waals surface area (Å²) in [6.07, 6.45) is 0. The van der Waals surface area contributed by atoms with Crippen molar-refractivity contribution < 1.29 is 14.6 Å². The minimum absolute atomic E-state index is 0.191. The van der Waals surface area contributed by atoms with Crippen LogP contribution in [0.3, 0.4) is 0 Å². The van der Waals surface area contributed by atoms with Crippen LogP contribution in [0.25, 0.3) is 0 Å². The summed E-state index contributed by atoms with van der Waals surface area (Å²) in [4.78, 5) is 13.4. The summed E-state index contributed by atoms with van der Waals surface area (Å²) in [5.41, 5.74) is 0.672. The predicted octanol–water partition coefficient (Wildman–Crippen LogP) is 2.35. The van der Waals surface area contributed by atoms with E-state index in [0.29, 0.717) is 16.3 Å². The highest BCUT2D eigenvalue weighted by Gasteiger charge is 2.09. The summed E-state index contributed by atoms with van der Waals surface area (Å²) in [6.45, 7) is -0.191. The van der Waals surface area contributed by atoms with Crippen LogP contribution in [-0.4, -0.2) is 24.7 Å². The molecule has 0 fully saturated rings. The third kappa shape index (κ3) is 3.60. The van der Waals surface area contributed by atoms with Gasteiger partial charge in [-0.15, -0.1) is 11.3 Å². The fourth-order valence-electron chi connectivity index (χ4n) is 1.55.